The highest BCUT2D eigenvalue weighted by Gasteiger charge is 1.92. The van der Waals surface area contributed by atoms with Gasteiger partial charge in [0, 0.05) is 0 Å². The molecule has 2 heteroatoms. The predicted octanol–water partition coefficient (Wildman–Crippen LogP) is 1.11. The van der Waals surface area contributed by atoms with Crippen LogP contribution in [-0.4, -0.2) is 15.1 Å². The minimum absolute atomic E-state index is 0.904. The molecule has 0 saturated carbocycles. The Kier molecular flexibility index (Phi) is 5.36. The van der Waals surface area contributed by atoms with E-state index in [1.807, 2.05) is 0 Å². The third-order valence-corrected chi connectivity index (χ3v) is 1.39. The maximum atomic E-state index is 2.29. The fourth-order valence-electron chi connectivity index (χ4n) is 0.803. The van der Waals surface area contributed by atoms with Crippen molar-refractivity contribution >= 4 is 15.1 Å². The van der Waals surface area contributed by atoms with Crippen molar-refractivity contribution in [1.82, 2.24) is 0 Å². The van der Waals surface area contributed by atoms with E-state index in [2.05, 4.69) is 21.7 Å². The van der Waals surface area contributed by atoms with Gasteiger partial charge in [0.1, 0.15) is 15.1 Å². The average molecular weight is 110 g/mol. The van der Waals surface area contributed by atoms with Gasteiger partial charge in [0.2, 0.25) is 0 Å². The maximum Gasteiger partial charge on any atom is 0.120 e. The second kappa shape index (κ2) is 5.27. The zero-order valence-corrected chi connectivity index (χ0v) is 6.41. The lowest BCUT2D eigenvalue weighted by Gasteiger charge is -1.99. The highest BCUT2D eigenvalue weighted by molar-refractivity contribution is 6.35. The van der Waals surface area contributed by atoms with E-state index in [0.717, 1.165) is 5.82 Å². The molecule has 46 valence electrons. The molecule has 0 aliphatic rings. The Balaban J connectivity index is 2.72. The van der Waals surface area contributed by atoms with E-state index in [0.29, 0.717) is 0 Å². The molecule has 0 heterocycles. The summed E-state index contributed by atoms with van der Waals surface area (Å²) in [6, 6.07) is 0. The Hall–Kier alpha value is 0.130. The lowest BCUT2D eigenvalue weighted by molar-refractivity contribution is 0.872. The van der Waals surface area contributed by atoms with Crippen LogP contribution < -0.4 is 0 Å². The summed E-state index contributed by atoms with van der Waals surface area (Å²) in [4.78, 5) is 0. The van der Waals surface area contributed by atoms with E-state index < -0.39 is 0 Å². The van der Waals surface area contributed by atoms with Gasteiger partial charge in [0.25, 0.3) is 0 Å². The third kappa shape index (κ3) is 6.13. The summed E-state index contributed by atoms with van der Waals surface area (Å²) in [6.45, 7) is 4.54. The monoisotopic (exact) mass is 110 g/mol. The topological polar surface area (TPSA) is 0 Å². The van der Waals surface area contributed by atoms with Crippen LogP contribution in [0.15, 0.2) is 0 Å². The van der Waals surface area contributed by atoms with Crippen LogP contribution >= 0.6 is 0 Å². The Bertz CT molecular complexity index is 43.8. The van der Waals surface area contributed by atoms with Crippen LogP contribution in [0.2, 0.25) is 18.5 Å². The minimum Gasteiger partial charge on any atom is -0.0803 e. The highest BCUT2D eigenvalue weighted by atomic mass is 13.8. The number of rotatable bonds is 4. The molecule has 8 heavy (non-hydrogen) atoms. The third-order valence-electron chi connectivity index (χ3n) is 1.39. The van der Waals surface area contributed by atoms with Crippen LogP contribution in [0.25, 0.3) is 0 Å². The summed E-state index contributed by atoms with van der Waals surface area (Å²) >= 11 is 0. The summed E-state index contributed by atoms with van der Waals surface area (Å²) in [5.41, 5.74) is 0. The molecule has 0 bridgehead atoms. The maximum absolute atomic E-state index is 2.29. The second-order valence-corrected chi connectivity index (χ2v) is 2.89. The standard InChI is InChI=1S/C6H16B2/c1-3-8-5-4-6(2)7/h6,8H,3-5,7H2,1-2H3. The normalized spacial score (nSPS) is 13.2. The molecular weight excluding hydrogens is 93.7 g/mol. The zero-order valence-electron chi connectivity index (χ0n) is 6.41. The van der Waals surface area contributed by atoms with Gasteiger partial charge in [-0.25, -0.2) is 0 Å². The Morgan fingerprint density at radius 3 is 2.62 bits per heavy atom. The summed E-state index contributed by atoms with van der Waals surface area (Å²) in [5, 5.41) is 0. The van der Waals surface area contributed by atoms with Crippen molar-refractivity contribution < 1.29 is 0 Å². The summed E-state index contributed by atoms with van der Waals surface area (Å²) in [6.07, 6.45) is 4.19. The molecule has 0 aromatic rings. The molecule has 0 amide bonds. The van der Waals surface area contributed by atoms with Crippen LogP contribution in [0.5, 0.6) is 0 Å². The summed E-state index contributed by atoms with van der Waals surface area (Å²) in [7, 11) is 3.70. The first-order chi connectivity index (χ1) is 3.77. The van der Waals surface area contributed by atoms with Crippen molar-refractivity contribution in [3.05, 3.63) is 0 Å². The van der Waals surface area contributed by atoms with Crippen LogP contribution in [0.3, 0.4) is 0 Å². The molecule has 1 atom stereocenters. The van der Waals surface area contributed by atoms with E-state index in [-0.39, 0.29) is 0 Å². The van der Waals surface area contributed by atoms with E-state index >= 15 is 0 Å². The van der Waals surface area contributed by atoms with Gasteiger partial charge < -0.3 is 0 Å². The lowest BCUT2D eigenvalue weighted by atomic mass is 9.67. The van der Waals surface area contributed by atoms with Crippen molar-refractivity contribution in [2.45, 2.75) is 38.7 Å². The minimum atomic E-state index is 0.904. The summed E-state index contributed by atoms with van der Waals surface area (Å²) in [5.74, 6) is 0.904. The largest absolute Gasteiger partial charge is 0.120 e. The van der Waals surface area contributed by atoms with Crippen molar-refractivity contribution in [3.63, 3.8) is 0 Å². The molecule has 0 nitrogen and oxygen atoms in total. The molecule has 0 aromatic carbocycles. The molecule has 0 fully saturated rings. The highest BCUT2D eigenvalue weighted by Crippen LogP contribution is 2.06. The van der Waals surface area contributed by atoms with Crippen molar-refractivity contribution in [1.29, 1.82) is 0 Å². The fraction of sp³-hybridized carbons (Fsp3) is 1.00. The first-order valence-corrected chi connectivity index (χ1v) is 3.77. The van der Waals surface area contributed by atoms with Crippen LogP contribution in [0.4, 0.5) is 0 Å². The van der Waals surface area contributed by atoms with Gasteiger partial charge in [-0.05, 0) is 0 Å². The van der Waals surface area contributed by atoms with Crippen LogP contribution in [0.1, 0.15) is 20.3 Å². The lowest BCUT2D eigenvalue weighted by Crippen LogP contribution is -1.90. The van der Waals surface area contributed by atoms with Gasteiger partial charge in [0.15, 0.2) is 0 Å². The van der Waals surface area contributed by atoms with E-state index in [4.69, 9.17) is 0 Å². The zero-order chi connectivity index (χ0) is 6.41. The van der Waals surface area contributed by atoms with Crippen molar-refractivity contribution in [2.75, 3.05) is 0 Å². The van der Waals surface area contributed by atoms with Gasteiger partial charge in [0.05, 0.1) is 0 Å². The first kappa shape index (κ1) is 8.13. The number of hydrogen-bond acceptors (Lipinski definition) is 0. The smallest absolute Gasteiger partial charge is 0.0803 e. The number of hydrogen-bond donors (Lipinski definition) is 0. The quantitative estimate of drug-likeness (QED) is 0.375. The molecule has 0 saturated heterocycles. The molecule has 0 spiro atoms. The van der Waals surface area contributed by atoms with E-state index in [1.165, 1.54) is 26.3 Å². The Labute approximate surface area is 54.7 Å². The predicted molar refractivity (Wildman–Crippen MR) is 45.0 cm³/mol. The van der Waals surface area contributed by atoms with Gasteiger partial charge in [-0.15, -0.1) is 0 Å². The second-order valence-electron chi connectivity index (χ2n) is 2.89. The SMILES string of the molecule is BC(C)CCBCC. The van der Waals surface area contributed by atoms with Crippen molar-refractivity contribution in [3.8, 4) is 0 Å². The Morgan fingerprint density at radius 1 is 1.62 bits per heavy atom. The molecule has 0 N–H and O–H groups in total. The summed E-state index contributed by atoms with van der Waals surface area (Å²) < 4.78 is 0. The van der Waals surface area contributed by atoms with Crippen LogP contribution in [-0.2, 0) is 0 Å². The van der Waals surface area contributed by atoms with Gasteiger partial charge >= 0.3 is 0 Å². The van der Waals surface area contributed by atoms with Gasteiger partial charge in [-0.3, -0.25) is 0 Å². The van der Waals surface area contributed by atoms with E-state index in [1.54, 1.807) is 0 Å². The Morgan fingerprint density at radius 2 is 2.25 bits per heavy atom. The molecule has 1 unspecified atom stereocenters. The molecule has 0 rings (SSSR count). The molecule has 0 aliphatic heterocycles. The van der Waals surface area contributed by atoms with Gasteiger partial charge in [-0.1, -0.05) is 38.7 Å². The average Bonchev–Trinajstić information content (AvgIpc) is 1.66. The molecule has 0 aromatic heterocycles. The molecule has 0 aliphatic carbocycles. The van der Waals surface area contributed by atoms with Crippen molar-refractivity contribution in [2.24, 2.45) is 0 Å². The molecular formula is C6H16B2. The fourth-order valence-corrected chi connectivity index (χ4v) is 0.803. The van der Waals surface area contributed by atoms with Gasteiger partial charge in [-0.2, -0.15) is 0 Å². The first-order valence-electron chi connectivity index (χ1n) is 3.77. The van der Waals surface area contributed by atoms with Crippen LogP contribution in [0, 0.1) is 0 Å². The van der Waals surface area contributed by atoms with E-state index in [9.17, 15) is 0 Å². The molecule has 0 radical (unpaired) electrons.